The van der Waals surface area contributed by atoms with Crippen LogP contribution in [0.3, 0.4) is 0 Å². The van der Waals surface area contributed by atoms with Gasteiger partial charge in [0.05, 0.1) is 16.7 Å². The summed E-state index contributed by atoms with van der Waals surface area (Å²) in [5, 5.41) is 0.449. The van der Waals surface area contributed by atoms with E-state index in [0.29, 0.717) is 16.7 Å². The molecule has 0 radical (unpaired) electrons. The first-order chi connectivity index (χ1) is 12.2. The molecule has 10 heteroatoms. The number of aryl methyl sites for hydroxylation is 2. The smallest absolute Gasteiger partial charge is 0.433 e. The highest BCUT2D eigenvalue weighted by molar-refractivity contribution is 7.20. The van der Waals surface area contributed by atoms with Crippen molar-refractivity contribution in [2.24, 2.45) is 0 Å². The molecule has 0 atom stereocenters. The summed E-state index contributed by atoms with van der Waals surface area (Å²) in [6.45, 7) is 3.20. The average Bonchev–Trinajstić information content (AvgIpc) is 3.15. The maximum absolute atomic E-state index is 12.8. The number of alkyl halides is 3. The van der Waals surface area contributed by atoms with Gasteiger partial charge >= 0.3 is 6.18 Å². The zero-order valence-electron chi connectivity index (χ0n) is 13.5. The molecular weight excluding hydrogens is 371 g/mol. The van der Waals surface area contributed by atoms with Gasteiger partial charge in [0, 0.05) is 5.39 Å². The van der Waals surface area contributed by atoms with E-state index in [2.05, 4.69) is 15.8 Å². The number of amides is 2. The number of nitrogens with zero attached hydrogens (tertiary/aromatic N) is 1. The summed E-state index contributed by atoms with van der Waals surface area (Å²) >= 11 is 0.822. The summed E-state index contributed by atoms with van der Waals surface area (Å²) in [5.74, 6) is -0.826. The Bertz CT molecular complexity index is 1010. The highest BCUT2D eigenvalue weighted by Crippen LogP contribution is 2.34. The number of rotatable bonds is 2. The van der Waals surface area contributed by atoms with E-state index < -0.39 is 23.7 Å². The molecule has 136 valence electrons. The molecule has 0 aliphatic carbocycles. The van der Waals surface area contributed by atoms with Crippen molar-refractivity contribution in [3.8, 4) is 0 Å². The molecule has 2 N–H and O–H groups in total. The zero-order valence-corrected chi connectivity index (χ0v) is 14.3. The van der Waals surface area contributed by atoms with E-state index >= 15 is 0 Å². The predicted octanol–water partition coefficient (Wildman–Crippen LogP) is 3.60. The molecule has 0 aliphatic rings. The molecule has 0 saturated heterocycles. The molecule has 26 heavy (non-hydrogen) atoms. The Labute approximate surface area is 149 Å². The zero-order chi connectivity index (χ0) is 19.1. The van der Waals surface area contributed by atoms with Crippen molar-refractivity contribution < 1.29 is 27.2 Å². The van der Waals surface area contributed by atoms with Crippen LogP contribution in [0, 0.1) is 13.8 Å². The molecule has 2 amide bonds. The fourth-order valence-corrected chi connectivity index (χ4v) is 3.41. The highest BCUT2D eigenvalue weighted by atomic mass is 32.1. The SMILES string of the molecule is Cc1occc1C(=O)NNC(=O)c1sc2nc(C(F)(F)F)ccc2c1C. The number of hydrazine groups is 1. The number of nitrogens with one attached hydrogen (secondary N) is 2. The minimum Gasteiger partial charge on any atom is -0.469 e. The van der Waals surface area contributed by atoms with E-state index in [4.69, 9.17) is 4.42 Å². The van der Waals surface area contributed by atoms with E-state index in [1.54, 1.807) is 13.8 Å². The van der Waals surface area contributed by atoms with Crippen LogP contribution in [0.25, 0.3) is 10.2 Å². The summed E-state index contributed by atoms with van der Waals surface area (Å²) in [6, 6.07) is 3.60. The Kier molecular flexibility index (Phi) is 4.45. The van der Waals surface area contributed by atoms with Gasteiger partial charge in [0.1, 0.15) is 16.3 Å². The maximum Gasteiger partial charge on any atom is 0.433 e. The summed E-state index contributed by atoms with van der Waals surface area (Å²) in [4.78, 5) is 28.1. The lowest BCUT2D eigenvalue weighted by Crippen LogP contribution is -2.41. The molecular formula is C16H12F3N3O3S. The predicted molar refractivity (Wildman–Crippen MR) is 87.7 cm³/mol. The molecule has 0 spiro atoms. The first-order valence-electron chi connectivity index (χ1n) is 7.30. The lowest BCUT2D eigenvalue weighted by molar-refractivity contribution is -0.140. The minimum atomic E-state index is -4.56. The highest BCUT2D eigenvalue weighted by Gasteiger charge is 2.33. The van der Waals surface area contributed by atoms with Crippen molar-refractivity contribution in [3.63, 3.8) is 0 Å². The van der Waals surface area contributed by atoms with Crippen LogP contribution in [0.15, 0.2) is 28.9 Å². The van der Waals surface area contributed by atoms with Gasteiger partial charge in [0.15, 0.2) is 0 Å². The first kappa shape index (κ1) is 17.9. The van der Waals surface area contributed by atoms with Gasteiger partial charge in [-0.05, 0) is 37.6 Å². The minimum absolute atomic E-state index is 0.0967. The molecule has 0 fully saturated rings. The summed E-state index contributed by atoms with van der Waals surface area (Å²) < 4.78 is 43.3. The molecule has 0 unspecified atom stereocenters. The van der Waals surface area contributed by atoms with Crippen LogP contribution in [-0.4, -0.2) is 16.8 Å². The average molecular weight is 383 g/mol. The van der Waals surface area contributed by atoms with Gasteiger partial charge < -0.3 is 4.42 Å². The number of carbonyl (C=O) groups excluding carboxylic acids is 2. The third kappa shape index (κ3) is 3.27. The summed E-state index contributed by atoms with van der Waals surface area (Å²) in [7, 11) is 0. The van der Waals surface area contributed by atoms with E-state index in [0.717, 1.165) is 17.4 Å². The number of pyridine rings is 1. The Hall–Kier alpha value is -2.88. The van der Waals surface area contributed by atoms with Crippen LogP contribution in [0.1, 0.15) is 37.0 Å². The molecule has 3 rings (SSSR count). The molecule has 0 aromatic carbocycles. The second-order valence-electron chi connectivity index (χ2n) is 5.40. The molecule has 0 bridgehead atoms. The largest absolute Gasteiger partial charge is 0.469 e. The normalized spacial score (nSPS) is 11.6. The molecule has 3 aromatic rings. The quantitative estimate of drug-likeness (QED) is 0.663. The number of aromatic nitrogens is 1. The number of fused-ring (bicyclic) bond motifs is 1. The van der Waals surface area contributed by atoms with Crippen molar-refractivity contribution in [2.75, 3.05) is 0 Å². The van der Waals surface area contributed by atoms with Gasteiger partial charge in [-0.2, -0.15) is 13.2 Å². The number of hydrogen-bond donors (Lipinski definition) is 2. The molecule has 3 aromatic heterocycles. The van der Waals surface area contributed by atoms with E-state index in [1.807, 2.05) is 0 Å². The van der Waals surface area contributed by atoms with Crippen LogP contribution in [-0.2, 0) is 6.18 Å². The van der Waals surface area contributed by atoms with E-state index in [9.17, 15) is 22.8 Å². The van der Waals surface area contributed by atoms with Crippen molar-refractivity contribution in [1.82, 2.24) is 15.8 Å². The van der Waals surface area contributed by atoms with Crippen molar-refractivity contribution in [2.45, 2.75) is 20.0 Å². The Morgan fingerprint density at radius 2 is 1.81 bits per heavy atom. The molecule has 0 aliphatic heterocycles. The first-order valence-corrected chi connectivity index (χ1v) is 8.12. The maximum atomic E-state index is 12.8. The van der Waals surface area contributed by atoms with Crippen LogP contribution in [0.4, 0.5) is 13.2 Å². The lowest BCUT2D eigenvalue weighted by atomic mass is 10.2. The van der Waals surface area contributed by atoms with Gasteiger partial charge in [-0.15, -0.1) is 11.3 Å². The lowest BCUT2D eigenvalue weighted by Gasteiger charge is -2.06. The second kappa shape index (κ2) is 6.45. The monoisotopic (exact) mass is 383 g/mol. The van der Waals surface area contributed by atoms with Gasteiger partial charge in [-0.25, -0.2) is 4.98 Å². The van der Waals surface area contributed by atoms with Gasteiger partial charge in [0.2, 0.25) is 0 Å². The second-order valence-corrected chi connectivity index (χ2v) is 6.40. The fraction of sp³-hybridized carbons (Fsp3) is 0.188. The van der Waals surface area contributed by atoms with Gasteiger partial charge in [0.25, 0.3) is 11.8 Å². The third-order valence-electron chi connectivity index (χ3n) is 3.69. The van der Waals surface area contributed by atoms with Gasteiger partial charge in [-0.3, -0.25) is 20.4 Å². The molecule has 0 saturated carbocycles. The van der Waals surface area contributed by atoms with E-state index in [-0.39, 0.29) is 15.3 Å². The Morgan fingerprint density at radius 1 is 1.12 bits per heavy atom. The van der Waals surface area contributed by atoms with Crippen LogP contribution < -0.4 is 10.9 Å². The van der Waals surface area contributed by atoms with Crippen molar-refractivity contribution in [1.29, 1.82) is 0 Å². The number of carbonyl (C=O) groups is 2. The Morgan fingerprint density at radius 3 is 2.42 bits per heavy atom. The summed E-state index contributed by atoms with van der Waals surface area (Å²) in [6.07, 6.45) is -3.23. The van der Waals surface area contributed by atoms with Crippen molar-refractivity contribution in [3.05, 3.63) is 51.9 Å². The number of furan rings is 1. The Balaban J connectivity index is 1.81. The topological polar surface area (TPSA) is 84.2 Å². The fourth-order valence-electron chi connectivity index (χ4n) is 2.33. The number of halogens is 3. The third-order valence-corrected chi connectivity index (χ3v) is 4.89. The van der Waals surface area contributed by atoms with Crippen LogP contribution in [0.5, 0.6) is 0 Å². The molecule has 3 heterocycles. The van der Waals surface area contributed by atoms with Crippen LogP contribution in [0.2, 0.25) is 0 Å². The van der Waals surface area contributed by atoms with Gasteiger partial charge in [-0.1, -0.05) is 0 Å². The number of hydrogen-bond acceptors (Lipinski definition) is 5. The van der Waals surface area contributed by atoms with Crippen LogP contribution >= 0.6 is 11.3 Å². The summed E-state index contributed by atoms with van der Waals surface area (Å²) in [5.41, 5.74) is 4.20. The molecule has 6 nitrogen and oxygen atoms in total. The van der Waals surface area contributed by atoms with E-state index in [1.165, 1.54) is 18.4 Å². The van der Waals surface area contributed by atoms with Crippen molar-refractivity contribution >= 4 is 33.4 Å². The standard InChI is InChI=1S/C16H12F3N3O3S/c1-7-9-3-4-11(16(17,18)19)20-15(9)26-12(7)14(24)22-21-13(23)10-5-6-25-8(10)2/h3-6H,1-2H3,(H,21,23)(H,22,24). The number of thiophene rings is 1.